The van der Waals surface area contributed by atoms with Gasteiger partial charge < -0.3 is 20.5 Å². The second kappa shape index (κ2) is 9.06. The molecule has 0 radical (unpaired) electrons. The Morgan fingerprint density at radius 2 is 1.95 bits per heavy atom. The second-order valence-electron chi connectivity index (χ2n) is 4.16. The summed E-state index contributed by atoms with van der Waals surface area (Å²) in [5, 5.41) is 13.8. The van der Waals surface area contributed by atoms with Crippen molar-refractivity contribution in [1.29, 1.82) is 0 Å². The van der Waals surface area contributed by atoms with Gasteiger partial charge in [0.2, 0.25) is 5.91 Å². The fourth-order valence-electron chi connectivity index (χ4n) is 1.48. The number of aliphatic hydroxyl groups excluding tert-OH is 1. The predicted octanol–water partition coefficient (Wildman–Crippen LogP) is 0.774. The summed E-state index contributed by atoms with van der Waals surface area (Å²) in [6.45, 7) is 2.66. The number of anilines is 1. The molecule has 0 unspecified atom stereocenters. The fraction of sp³-hybridized carbons (Fsp3) is 0.429. The summed E-state index contributed by atoms with van der Waals surface area (Å²) >= 11 is 0. The zero-order valence-electron chi connectivity index (χ0n) is 11.5. The number of amides is 2. The first-order valence-corrected chi connectivity index (χ1v) is 6.54. The average molecular weight is 280 g/mol. The lowest BCUT2D eigenvalue weighted by atomic mass is 10.2. The third-order valence-corrected chi connectivity index (χ3v) is 2.41. The smallest absolute Gasteiger partial charge is 0.251 e. The highest BCUT2D eigenvalue weighted by Crippen LogP contribution is 2.09. The molecule has 0 bridgehead atoms. The van der Waals surface area contributed by atoms with Crippen LogP contribution < -0.4 is 10.6 Å². The van der Waals surface area contributed by atoms with E-state index >= 15 is 0 Å². The summed E-state index contributed by atoms with van der Waals surface area (Å²) < 4.78 is 5.12. The fourth-order valence-corrected chi connectivity index (χ4v) is 1.48. The quantitative estimate of drug-likeness (QED) is 0.614. The van der Waals surface area contributed by atoms with Gasteiger partial charge in [-0.05, 0) is 30.7 Å². The van der Waals surface area contributed by atoms with E-state index in [2.05, 4.69) is 10.6 Å². The summed E-state index contributed by atoms with van der Waals surface area (Å²) in [5.74, 6) is -0.487. The molecule has 1 aromatic rings. The molecule has 0 saturated carbocycles. The van der Waals surface area contributed by atoms with E-state index in [1.165, 1.54) is 0 Å². The molecule has 0 heterocycles. The molecule has 6 nitrogen and oxygen atoms in total. The van der Waals surface area contributed by atoms with Crippen LogP contribution in [0, 0.1) is 0 Å². The van der Waals surface area contributed by atoms with E-state index in [1.807, 2.05) is 6.92 Å². The van der Waals surface area contributed by atoms with Gasteiger partial charge in [-0.1, -0.05) is 6.92 Å². The maximum atomic E-state index is 11.6. The maximum Gasteiger partial charge on any atom is 0.251 e. The first kappa shape index (κ1) is 16.1. The van der Waals surface area contributed by atoms with Crippen molar-refractivity contribution in [3.8, 4) is 0 Å². The third kappa shape index (κ3) is 5.81. The number of hydrogen-bond acceptors (Lipinski definition) is 4. The molecular weight excluding hydrogens is 260 g/mol. The zero-order chi connectivity index (χ0) is 14.8. The van der Waals surface area contributed by atoms with Crippen LogP contribution in [0.5, 0.6) is 0 Å². The number of benzene rings is 1. The lowest BCUT2D eigenvalue weighted by Crippen LogP contribution is -2.26. The number of nitrogens with one attached hydrogen (secondary N) is 2. The van der Waals surface area contributed by atoms with Crippen molar-refractivity contribution in [2.24, 2.45) is 0 Å². The van der Waals surface area contributed by atoms with Crippen LogP contribution in [0.4, 0.5) is 5.69 Å². The van der Waals surface area contributed by atoms with Gasteiger partial charge in [-0.25, -0.2) is 0 Å². The lowest BCUT2D eigenvalue weighted by molar-refractivity contribution is -0.120. The Morgan fingerprint density at radius 3 is 2.55 bits per heavy atom. The molecule has 0 aliphatic heterocycles. The molecule has 0 fully saturated rings. The molecule has 110 valence electrons. The highest BCUT2D eigenvalue weighted by atomic mass is 16.5. The molecule has 1 aromatic carbocycles. The molecule has 6 heteroatoms. The first-order valence-electron chi connectivity index (χ1n) is 6.54. The highest BCUT2D eigenvalue weighted by molar-refractivity contribution is 5.96. The Morgan fingerprint density at radius 1 is 1.25 bits per heavy atom. The average Bonchev–Trinajstić information content (AvgIpc) is 2.46. The van der Waals surface area contributed by atoms with Crippen molar-refractivity contribution in [2.45, 2.75) is 13.3 Å². The van der Waals surface area contributed by atoms with Gasteiger partial charge in [-0.2, -0.15) is 0 Å². The van der Waals surface area contributed by atoms with E-state index in [-0.39, 0.29) is 31.6 Å². The Labute approximate surface area is 118 Å². The van der Waals surface area contributed by atoms with Gasteiger partial charge in [0, 0.05) is 24.4 Å². The van der Waals surface area contributed by atoms with Crippen molar-refractivity contribution in [2.75, 3.05) is 31.7 Å². The number of aliphatic hydroxyl groups is 1. The number of hydrogen-bond donors (Lipinski definition) is 3. The van der Waals surface area contributed by atoms with Crippen LogP contribution in [0.2, 0.25) is 0 Å². The molecule has 0 aliphatic carbocycles. The Bertz CT molecular complexity index is 431. The molecule has 0 atom stereocenters. The molecule has 2 amide bonds. The third-order valence-electron chi connectivity index (χ3n) is 2.41. The summed E-state index contributed by atoms with van der Waals surface area (Å²) in [7, 11) is 0. The summed E-state index contributed by atoms with van der Waals surface area (Å²) in [5.41, 5.74) is 1.08. The van der Waals surface area contributed by atoms with Crippen LogP contribution >= 0.6 is 0 Å². The van der Waals surface area contributed by atoms with E-state index in [0.29, 0.717) is 17.9 Å². The molecular formula is C14H20N2O4. The molecule has 0 aliphatic rings. The van der Waals surface area contributed by atoms with Crippen molar-refractivity contribution < 1.29 is 19.4 Å². The Balaban J connectivity index is 2.45. The normalized spacial score (nSPS) is 10.1. The van der Waals surface area contributed by atoms with Gasteiger partial charge in [0.1, 0.15) is 6.61 Å². The minimum Gasteiger partial charge on any atom is -0.395 e. The summed E-state index contributed by atoms with van der Waals surface area (Å²) in [6.07, 6.45) is 0.866. The molecule has 0 spiro atoms. The number of rotatable bonds is 8. The van der Waals surface area contributed by atoms with E-state index < -0.39 is 0 Å². The van der Waals surface area contributed by atoms with E-state index in [4.69, 9.17) is 9.84 Å². The SMILES string of the molecule is CCCOCC(=O)Nc1ccc(C(=O)NCCO)cc1. The Kier molecular flexibility index (Phi) is 7.31. The van der Waals surface area contributed by atoms with Gasteiger partial charge in [0.05, 0.1) is 6.61 Å². The summed E-state index contributed by atoms with van der Waals surface area (Å²) in [6, 6.07) is 6.50. The topological polar surface area (TPSA) is 87.7 Å². The zero-order valence-corrected chi connectivity index (χ0v) is 11.5. The number of carbonyl (C=O) groups excluding carboxylic acids is 2. The molecule has 0 aromatic heterocycles. The molecule has 1 rings (SSSR count). The monoisotopic (exact) mass is 280 g/mol. The van der Waals surface area contributed by atoms with E-state index in [0.717, 1.165) is 6.42 Å². The molecule has 20 heavy (non-hydrogen) atoms. The van der Waals surface area contributed by atoms with Crippen LogP contribution in [-0.2, 0) is 9.53 Å². The van der Waals surface area contributed by atoms with Crippen molar-refractivity contribution in [1.82, 2.24) is 5.32 Å². The van der Waals surface area contributed by atoms with Gasteiger partial charge in [0.15, 0.2) is 0 Å². The standard InChI is InChI=1S/C14H20N2O4/c1-2-9-20-10-13(18)16-12-5-3-11(4-6-12)14(19)15-7-8-17/h3-6,17H,2,7-10H2,1H3,(H,15,19)(H,16,18). The Hall–Kier alpha value is -1.92. The second-order valence-corrected chi connectivity index (χ2v) is 4.16. The summed E-state index contributed by atoms with van der Waals surface area (Å²) in [4.78, 5) is 23.1. The van der Waals surface area contributed by atoms with Crippen molar-refractivity contribution in [3.63, 3.8) is 0 Å². The van der Waals surface area contributed by atoms with Crippen LogP contribution in [-0.4, -0.2) is 43.3 Å². The predicted molar refractivity (Wildman–Crippen MR) is 75.6 cm³/mol. The van der Waals surface area contributed by atoms with Gasteiger partial charge in [-0.3, -0.25) is 9.59 Å². The minimum absolute atomic E-state index is 0.0204. The van der Waals surface area contributed by atoms with Gasteiger partial charge in [-0.15, -0.1) is 0 Å². The van der Waals surface area contributed by atoms with Gasteiger partial charge >= 0.3 is 0 Å². The van der Waals surface area contributed by atoms with E-state index in [1.54, 1.807) is 24.3 Å². The van der Waals surface area contributed by atoms with Crippen LogP contribution in [0.1, 0.15) is 23.7 Å². The van der Waals surface area contributed by atoms with Gasteiger partial charge in [0.25, 0.3) is 5.91 Å². The van der Waals surface area contributed by atoms with Crippen molar-refractivity contribution in [3.05, 3.63) is 29.8 Å². The minimum atomic E-state index is -0.261. The lowest BCUT2D eigenvalue weighted by Gasteiger charge is -2.07. The number of ether oxygens (including phenoxy) is 1. The molecule has 0 saturated heterocycles. The molecule has 3 N–H and O–H groups in total. The van der Waals surface area contributed by atoms with Crippen LogP contribution in [0.15, 0.2) is 24.3 Å². The van der Waals surface area contributed by atoms with Crippen LogP contribution in [0.3, 0.4) is 0 Å². The largest absolute Gasteiger partial charge is 0.395 e. The van der Waals surface area contributed by atoms with Crippen LogP contribution in [0.25, 0.3) is 0 Å². The van der Waals surface area contributed by atoms with Crippen molar-refractivity contribution >= 4 is 17.5 Å². The highest BCUT2D eigenvalue weighted by Gasteiger charge is 2.06. The maximum absolute atomic E-state index is 11.6. The number of carbonyl (C=O) groups is 2. The van der Waals surface area contributed by atoms with E-state index in [9.17, 15) is 9.59 Å². The first-order chi connectivity index (χ1) is 9.67.